The van der Waals surface area contributed by atoms with Gasteiger partial charge in [-0.15, -0.1) is 0 Å². The molecule has 0 aliphatic carbocycles. The minimum Gasteiger partial charge on any atom is -0.258 e. The average molecular weight is 502 g/mol. The highest BCUT2D eigenvalue weighted by Gasteiger charge is 2.20. The number of benzene rings is 2. The molecule has 0 bridgehead atoms. The van der Waals surface area contributed by atoms with Gasteiger partial charge in [0.2, 0.25) is 5.82 Å². The first-order valence-electron chi connectivity index (χ1n) is 8.58. The van der Waals surface area contributed by atoms with Gasteiger partial charge in [0.1, 0.15) is 5.82 Å². The van der Waals surface area contributed by atoms with Gasteiger partial charge in [-0.25, -0.2) is 14.0 Å². The Balaban J connectivity index is 0.000000189. The first-order valence-corrected chi connectivity index (χ1v) is 9.34. The molecule has 0 fully saturated rings. The molecule has 0 atom stereocenters. The van der Waals surface area contributed by atoms with E-state index in [-0.39, 0.29) is 15.7 Å². The number of halogens is 4. The van der Waals surface area contributed by atoms with Crippen molar-refractivity contribution in [1.29, 1.82) is 0 Å². The zero-order chi connectivity index (χ0) is 24.4. The summed E-state index contributed by atoms with van der Waals surface area (Å²) in [4.78, 5) is 32.7. The summed E-state index contributed by atoms with van der Waals surface area (Å²) >= 11 is 11.5. The van der Waals surface area contributed by atoms with Gasteiger partial charge in [-0.1, -0.05) is 23.2 Å². The Morgan fingerprint density at radius 1 is 0.848 bits per heavy atom. The molecule has 0 saturated carbocycles. The Kier molecular flexibility index (Phi) is 6.64. The maximum atomic E-state index is 13.2. The molecule has 0 amide bonds. The molecule has 0 unspecified atom stereocenters. The summed E-state index contributed by atoms with van der Waals surface area (Å²) in [6.45, 7) is 0. The van der Waals surface area contributed by atoms with Gasteiger partial charge in [0.15, 0.2) is 0 Å². The van der Waals surface area contributed by atoms with Gasteiger partial charge < -0.3 is 0 Å². The summed E-state index contributed by atoms with van der Waals surface area (Å²) in [5.41, 5.74) is -1.70. The third-order valence-corrected chi connectivity index (χ3v) is 4.63. The number of aromatic nitrogens is 8. The Morgan fingerprint density at radius 2 is 1.36 bits per heavy atom. The summed E-state index contributed by atoms with van der Waals surface area (Å²) < 4.78 is 29.7. The molecule has 0 radical (unpaired) electrons. The third-order valence-electron chi connectivity index (χ3n) is 4.02. The van der Waals surface area contributed by atoms with Crippen LogP contribution in [0.25, 0.3) is 11.4 Å². The quantitative estimate of drug-likeness (QED) is 0.302. The fraction of sp³-hybridized carbons (Fsp3) is 0.125. The fourth-order valence-corrected chi connectivity index (χ4v) is 2.89. The largest absolute Gasteiger partial charge is 0.368 e. The van der Waals surface area contributed by atoms with E-state index in [4.69, 9.17) is 23.2 Å². The average Bonchev–Trinajstić information content (AvgIpc) is 3.24. The summed E-state index contributed by atoms with van der Waals surface area (Å²) in [5.74, 6) is -1.56. The molecule has 33 heavy (non-hydrogen) atoms. The van der Waals surface area contributed by atoms with Crippen LogP contribution in [0.3, 0.4) is 0 Å². The Hall–Kier alpha value is -3.98. The first kappa shape index (κ1) is 23.7. The molecule has 172 valence electrons. The molecule has 2 heterocycles. The van der Waals surface area contributed by atoms with Crippen molar-refractivity contribution >= 4 is 28.9 Å². The predicted molar refractivity (Wildman–Crippen MR) is 110 cm³/mol. The summed E-state index contributed by atoms with van der Waals surface area (Å²) in [6, 6.07) is 5.25. The van der Waals surface area contributed by atoms with Crippen molar-refractivity contribution in [2.24, 2.45) is 14.1 Å². The van der Waals surface area contributed by atoms with Crippen molar-refractivity contribution in [3.8, 4) is 11.4 Å². The number of nitro benzene ring substituents is 1. The summed E-state index contributed by atoms with van der Waals surface area (Å²) in [6.07, 6.45) is 0. The van der Waals surface area contributed by atoms with E-state index in [1.54, 1.807) is 0 Å². The molecule has 0 aliphatic rings. The van der Waals surface area contributed by atoms with Crippen molar-refractivity contribution in [2.45, 2.75) is 0 Å². The smallest absolute Gasteiger partial charge is 0.258 e. The molecule has 13 nitrogen and oxygen atoms in total. The Bertz CT molecular complexity index is 1480. The molecule has 17 heteroatoms. The minimum absolute atomic E-state index is 0.108. The molecule has 0 spiro atoms. The highest BCUT2D eigenvalue weighted by atomic mass is 35.5. The fourth-order valence-electron chi connectivity index (χ4n) is 2.41. The number of hydrogen-bond donors (Lipinski definition) is 0. The summed E-state index contributed by atoms with van der Waals surface area (Å²) in [7, 11) is 2.81. The van der Waals surface area contributed by atoms with Crippen LogP contribution in [-0.2, 0) is 14.1 Å². The van der Waals surface area contributed by atoms with Gasteiger partial charge >= 0.3 is 17.1 Å². The topological polar surface area (TPSA) is 149 Å². The lowest BCUT2D eigenvalue weighted by atomic mass is 10.2. The van der Waals surface area contributed by atoms with E-state index in [2.05, 4.69) is 20.9 Å². The van der Waals surface area contributed by atoms with Crippen LogP contribution in [0.15, 0.2) is 39.9 Å². The Morgan fingerprint density at radius 3 is 1.82 bits per heavy atom. The summed E-state index contributed by atoms with van der Waals surface area (Å²) in [5, 5.41) is 24.5. The van der Waals surface area contributed by atoms with Crippen LogP contribution in [0.1, 0.15) is 0 Å². The second-order valence-corrected chi connectivity index (χ2v) is 7.02. The zero-order valence-electron chi connectivity index (χ0n) is 16.6. The molecule has 4 rings (SSSR count). The highest BCUT2D eigenvalue weighted by molar-refractivity contribution is 6.32. The van der Waals surface area contributed by atoms with E-state index < -0.39 is 33.6 Å². The van der Waals surface area contributed by atoms with Crippen LogP contribution in [0.2, 0.25) is 10.0 Å². The third kappa shape index (κ3) is 4.78. The number of nitro groups is 1. The minimum atomic E-state index is -1.09. The lowest BCUT2D eigenvalue weighted by Gasteiger charge is -2.02. The maximum absolute atomic E-state index is 13.2. The lowest BCUT2D eigenvalue weighted by Crippen LogP contribution is -2.22. The van der Waals surface area contributed by atoms with Gasteiger partial charge in [-0.2, -0.15) is 23.1 Å². The van der Waals surface area contributed by atoms with Gasteiger partial charge in [-0.05, 0) is 39.1 Å². The molecule has 2 aromatic heterocycles. The highest BCUT2D eigenvalue weighted by Crippen LogP contribution is 2.27. The zero-order valence-corrected chi connectivity index (χ0v) is 18.1. The van der Waals surface area contributed by atoms with Crippen molar-refractivity contribution in [3.63, 3.8) is 0 Å². The Labute approximate surface area is 191 Å². The molecule has 4 aromatic rings. The first-order chi connectivity index (χ1) is 15.5. The van der Waals surface area contributed by atoms with E-state index in [1.165, 1.54) is 26.2 Å². The standard InChI is InChI=1S/C8H5ClFN5O3.C8H6ClFN4O/c1-13-8(16)14(12-11-13)6-3-7(15(17)18)5(10)2-4(6)9;1-13-8(15)14(12-11-13)7-3-2-5(10)4-6(7)9/h2-3H,1H3;2-4H,1H3. The SMILES string of the molecule is Cn1nnn(-c2cc([N+](=O)[O-])c(F)cc2Cl)c1=O.Cn1nnn(-c2ccc(F)cc2Cl)c1=O. The van der Waals surface area contributed by atoms with Gasteiger partial charge in [-0.3, -0.25) is 10.1 Å². The normalized spacial score (nSPS) is 10.6. The van der Waals surface area contributed by atoms with Crippen LogP contribution in [0.4, 0.5) is 14.5 Å². The van der Waals surface area contributed by atoms with Crippen LogP contribution < -0.4 is 11.4 Å². The number of nitrogens with zero attached hydrogens (tertiary/aromatic N) is 9. The van der Waals surface area contributed by atoms with E-state index >= 15 is 0 Å². The second-order valence-electron chi connectivity index (χ2n) is 6.20. The van der Waals surface area contributed by atoms with Crippen LogP contribution in [0, 0.1) is 21.7 Å². The van der Waals surface area contributed by atoms with Crippen molar-refractivity contribution in [2.75, 3.05) is 0 Å². The number of aryl methyl sites for hydroxylation is 2. The monoisotopic (exact) mass is 501 g/mol. The number of tetrazole rings is 2. The molecular weight excluding hydrogens is 491 g/mol. The number of rotatable bonds is 3. The maximum Gasteiger partial charge on any atom is 0.368 e. The molecular formula is C16H11Cl2F2N9O4. The van der Waals surface area contributed by atoms with E-state index in [0.29, 0.717) is 5.69 Å². The van der Waals surface area contributed by atoms with E-state index in [9.17, 15) is 28.5 Å². The van der Waals surface area contributed by atoms with E-state index in [0.717, 1.165) is 36.9 Å². The van der Waals surface area contributed by atoms with Gasteiger partial charge in [0.25, 0.3) is 0 Å². The lowest BCUT2D eigenvalue weighted by molar-refractivity contribution is -0.387. The molecule has 0 N–H and O–H groups in total. The van der Waals surface area contributed by atoms with Crippen LogP contribution in [0.5, 0.6) is 0 Å². The predicted octanol–water partition coefficient (Wildman–Crippen LogP) is 1.43. The van der Waals surface area contributed by atoms with Crippen molar-refractivity contribution in [3.05, 3.63) is 83.1 Å². The van der Waals surface area contributed by atoms with Gasteiger partial charge in [0.05, 0.1) is 26.3 Å². The second kappa shape index (κ2) is 9.25. The van der Waals surface area contributed by atoms with Crippen molar-refractivity contribution < 1.29 is 13.7 Å². The van der Waals surface area contributed by atoms with E-state index in [1.807, 2.05) is 0 Å². The van der Waals surface area contributed by atoms with Crippen molar-refractivity contribution in [1.82, 2.24) is 39.6 Å². The number of hydrogen-bond acceptors (Lipinski definition) is 8. The molecule has 0 aliphatic heterocycles. The van der Waals surface area contributed by atoms with Gasteiger partial charge in [0, 0.05) is 26.2 Å². The molecule has 2 aromatic carbocycles. The molecule has 0 saturated heterocycles. The van der Waals surface area contributed by atoms with Crippen LogP contribution in [-0.4, -0.2) is 44.5 Å². The van der Waals surface area contributed by atoms with Crippen LogP contribution >= 0.6 is 23.2 Å².